The third-order valence-electron chi connectivity index (χ3n) is 7.71. The number of aliphatic hydroxyl groups is 5. The van der Waals surface area contributed by atoms with Crippen molar-refractivity contribution in [2.75, 3.05) is 13.2 Å². The largest absolute Gasteiger partial charge is 0.394 e. The molecule has 0 spiro atoms. The molecule has 0 bridgehead atoms. The minimum atomic E-state index is -1.54. The summed E-state index contributed by atoms with van der Waals surface area (Å²) in [5, 5.41) is 53.3. The first-order valence-corrected chi connectivity index (χ1v) is 15.7. The summed E-state index contributed by atoms with van der Waals surface area (Å²) in [5.74, 6) is -0.171. The maximum Gasteiger partial charge on any atom is 0.220 e. The standard InChI is InChI=1S/C30H59NO8/c1-3-5-7-8-9-10-11-12-13-14-15-16-18-19-24(33)23(31-26(34)20-17-6-4-2)22-38-30-29(37)28(36)27(35)25(21-32)39-30/h23-25,27-30,32-33,35-37H,3-22H2,1-2H3,(H,31,34). The van der Waals surface area contributed by atoms with Crippen LogP contribution in [-0.4, -0.2) is 87.5 Å². The second kappa shape index (κ2) is 22.8. The smallest absolute Gasteiger partial charge is 0.220 e. The molecule has 0 aromatic rings. The van der Waals surface area contributed by atoms with Crippen molar-refractivity contribution in [2.24, 2.45) is 0 Å². The van der Waals surface area contributed by atoms with Gasteiger partial charge < -0.3 is 40.3 Å². The van der Waals surface area contributed by atoms with E-state index in [0.29, 0.717) is 12.8 Å². The summed E-state index contributed by atoms with van der Waals surface area (Å²) in [7, 11) is 0. The Bertz CT molecular complexity index is 593. The second-order valence-corrected chi connectivity index (χ2v) is 11.3. The number of rotatable bonds is 24. The van der Waals surface area contributed by atoms with Crippen LogP contribution in [0.15, 0.2) is 0 Å². The van der Waals surface area contributed by atoms with Crippen molar-refractivity contribution < 1.29 is 39.8 Å². The van der Waals surface area contributed by atoms with Crippen LogP contribution in [-0.2, 0) is 14.3 Å². The highest BCUT2D eigenvalue weighted by Gasteiger charge is 2.44. The molecule has 1 saturated heterocycles. The van der Waals surface area contributed by atoms with Gasteiger partial charge in [-0.25, -0.2) is 0 Å². The molecule has 1 fully saturated rings. The van der Waals surface area contributed by atoms with E-state index in [1.54, 1.807) is 0 Å². The first-order chi connectivity index (χ1) is 18.8. The molecule has 9 heteroatoms. The van der Waals surface area contributed by atoms with E-state index in [4.69, 9.17) is 9.47 Å². The van der Waals surface area contributed by atoms with E-state index in [1.807, 2.05) is 0 Å². The fourth-order valence-electron chi connectivity index (χ4n) is 5.04. The average Bonchev–Trinajstić information content (AvgIpc) is 2.93. The Kier molecular flexibility index (Phi) is 21.2. The Morgan fingerprint density at radius 3 is 1.82 bits per heavy atom. The van der Waals surface area contributed by atoms with E-state index in [0.717, 1.165) is 38.5 Å². The van der Waals surface area contributed by atoms with Crippen LogP contribution in [0.1, 0.15) is 129 Å². The summed E-state index contributed by atoms with van der Waals surface area (Å²) in [6.07, 6.45) is 11.9. The zero-order valence-electron chi connectivity index (χ0n) is 24.6. The zero-order chi connectivity index (χ0) is 28.9. The Hall–Kier alpha value is -0.810. The molecule has 7 atom stereocenters. The molecule has 232 valence electrons. The van der Waals surface area contributed by atoms with Crippen molar-refractivity contribution in [2.45, 2.75) is 172 Å². The third-order valence-corrected chi connectivity index (χ3v) is 7.71. The van der Waals surface area contributed by atoms with E-state index >= 15 is 0 Å². The lowest BCUT2D eigenvalue weighted by molar-refractivity contribution is -0.302. The van der Waals surface area contributed by atoms with Crippen molar-refractivity contribution in [3.05, 3.63) is 0 Å². The van der Waals surface area contributed by atoms with Gasteiger partial charge >= 0.3 is 0 Å². The monoisotopic (exact) mass is 561 g/mol. The van der Waals surface area contributed by atoms with Gasteiger partial charge in [-0.05, 0) is 12.8 Å². The van der Waals surface area contributed by atoms with E-state index in [2.05, 4.69) is 19.2 Å². The fraction of sp³-hybridized carbons (Fsp3) is 0.967. The maximum atomic E-state index is 12.5. The average molecular weight is 562 g/mol. The number of hydrogen-bond acceptors (Lipinski definition) is 8. The molecule has 0 radical (unpaired) electrons. The van der Waals surface area contributed by atoms with Gasteiger partial charge in [0.15, 0.2) is 6.29 Å². The summed E-state index contributed by atoms with van der Waals surface area (Å²) in [6, 6.07) is -0.705. The quantitative estimate of drug-likeness (QED) is 0.0977. The van der Waals surface area contributed by atoms with Crippen molar-refractivity contribution in [1.82, 2.24) is 5.32 Å². The Labute approximate surface area is 236 Å². The number of nitrogens with one attached hydrogen (secondary N) is 1. The van der Waals surface area contributed by atoms with Crippen molar-refractivity contribution >= 4 is 5.91 Å². The molecule has 1 heterocycles. The lowest BCUT2D eigenvalue weighted by Crippen LogP contribution is -2.60. The van der Waals surface area contributed by atoms with Gasteiger partial charge in [-0.3, -0.25) is 4.79 Å². The number of amides is 1. The van der Waals surface area contributed by atoms with Crippen molar-refractivity contribution in [3.8, 4) is 0 Å². The highest BCUT2D eigenvalue weighted by Crippen LogP contribution is 2.22. The Morgan fingerprint density at radius 2 is 1.28 bits per heavy atom. The van der Waals surface area contributed by atoms with Crippen molar-refractivity contribution in [1.29, 1.82) is 0 Å². The molecule has 39 heavy (non-hydrogen) atoms. The number of aliphatic hydroxyl groups excluding tert-OH is 5. The SMILES string of the molecule is CCCCCCCCCCCCCCCC(O)C(COC1OC(CO)C(O)C(O)C1O)NC(=O)CCCCC. The van der Waals surface area contributed by atoms with E-state index in [-0.39, 0.29) is 12.5 Å². The highest BCUT2D eigenvalue weighted by molar-refractivity contribution is 5.76. The molecule has 1 amide bonds. The molecule has 6 N–H and O–H groups in total. The van der Waals surface area contributed by atoms with Crippen LogP contribution in [0.3, 0.4) is 0 Å². The van der Waals surface area contributed by atoms with Crippen LogP contribution in [0.25, 0.3) is 0 Å². The number of hydrogen-bond donors (Lipinski definition) is 6. The predicted molar refractivity (Wildman–Crippen MR) is 152 cm³/mol. The first kappa shape index (κ1) is 36.2. The van der Waals surface area contributed by atoms with Crippen LogP contribution in [0.5, 0.6) is 0 Å². The van der Waals surface area contributed by atoms with Gasteiger partial charge in [0.1, 0.15) is 24.4 Å². The lowest BCUT2D eigenvalue weighted by Gasteiger charge is -2.40. The topological polar surface area (TPSA) is 149 Å². The molecule has 0 aliphatic carbocycles. The zero-order valence-corrected chi connectivity index (χ0v) is 24.6. The van der Waals surface area contributed by atoms with Gasteiger partial charge in [0.05, 0.1) is 25.4 Å². The van der Waals surface area contributed by atoms with Crippen LogP contribution in [0.4, 0.5) is 0 Å². The molecule has 1 aliphatic heterocycles. The first-order valence-electron chi connectivity index (χ1n) is 15.7. The molecular weight excluding hydrogens is 502 g/mol. The molecule has 0 saturated carbocycles. The summed E-state index contributed by atoms with van der Waals surface area (Å²) >= 11 is 0. The molecular formula is C30H59NO8. The molecule has 0 aromatic carbocycles. The maximum absolute atomic E-state index is 12.5. The van der Waals surface area contributed by atoms with Crippen LogP contribution in [0.2, 0.25) is 0 Å². The van der Waals surface area contributed by atoms with Gasteiger partial charge in [-0.2, -0.15) is 0 Å². The molecule has 9 nitrogen and oxygen atoms in total. The van der Waals surface area contributed by atoms with E-state index in [9.17, 15) is 30.3 Å². The number of carbonyl (C=O) groups excluding carboxylic acids is 1. The Balaban J connectivity index is 2.40. The van der Waals surface area contributed by atoms with Crippen molar-refractivity contribution in [3.63, 3.8) is 0 Å². The van der Waals surface area contributed by atoms with Crippen LogP contribution >= 0.6 is 0 Å². The number of ether oxygens (including phenoxy) is 2. The second-order valence-electron chi connectivity index (χ2n) is 11.3. The van der Waals surface area contributed by atoms with Gasteiger partial charge in [-0.15, -0.1) is 0 Å². The van der Waals surface area contributed by atoms with Gasteiger partial charge in [0, 0.05) is 6.42 Å². The highest BCUT2D eigenvalue weighted by atomic mass is 16.7. The summed E-state index contributed by atoms with van der Waals surface area (Å²) in [5.41, 5.74) is 0. The molecule has 1 rings (SSSR count). The predicted octanol–water partition coefficient (Wildman–Crippen LogP) is 3.71. The van der Waals surface area contributed by atoms with Crippen LogP contribution < -0.4 is 5.32 Å². The summed E-state index contributed by atoms with van der Waals surface area (Å²) in [6.45, 7) is 3.62. The summed E-state index contributed by atoms with van der Waals surface area (Å²) in [4.78, 5) is 12.5. The Morgan fingerprint density at radius 1 is 0.769 bits per heavy atom. The lowest BCUT2D eigenvalue weighted by atomic mass is 9.99. The number of carbonyl (C=O) groups is 1. The molecule has 0 aromatic heterocycles. The minimum Gasteiger partial charge on any atom is -0.394 e. The normalized spacial score (nSPS) is 24.9. The van der Waals surface area contributed by atoms with Gasteiger partial charge in [-0.1, -0.05) is 110 Å². The van der Waals surface area contributed by atoms with Crippen LogP contribution in [0, 0.1) is 0 Å². The van der Waals surface area contributed by atoms with Gasteiger partial charge in [0.25, 0.3) is 0 Å². The number of unbranched alkanes of at least 4 members (excludes halogenated alkanes) is 14. The van der Waals surface area contributed by atoms with E-state index < -0.39 is 49.5 Å². The third kappa shape index (κ3) is 15.7. The fourth-order valence-corrected chi connectivity index (χ4v) is 5.04. The summed E-state index contributed by atoms with van der Waals surface area (Å²) < 4.78 is 11.0. The minimum absolute atomic E-state index is 0.137. The van der Waals surface area contributed by atoms with Gasteiger partial charge in [0.2, 0.25) is 5.91 Å². The molecule has 1 aliphatic rings. The van der Waals surface area contributed by atoms with E-state index in [1.165, 1.54) is 64.2 Å². The molecule has 7 unspecified atom stereocenters.